The maximum absolute atomic E-state index is 6.23. The molecule has 3 aromatic carbocycles. The number of halogens is 1. The third-order valence-electron chi connectivity index (χ3n) is 4.82. The topological polar surface area (TPSA) is 12.9 Å². The lowest BCUT2D eigenvalue weighted by molar-refractivity contribution is 1.25. The van der Waals surface area contributed by atoms with E-state index in [1.165, 1.54) is 5.56 Å². The van der Waals surface area contributed by atoms with E-state index in [4.69, 9.17) is 16.6 Å². The first-order valence-corrected chi connectivity index (χ1v) is 9.33. The Hall–Kier alpha value is -2.90. The highest BCUT2D eigenvalue weighted by molar-refractivity contribution is 6.30. The Morgan fingerprint density at radius 3 is 2.33 bits per heavy atom. The number of hydrogen-bond acceptors (Lipinski definition) is 1. The predicted octanol–water partition coefficient (Wildman–Crippen LogP) is 7.23. The molecule has 1 nitrogen and oxygen atoms in total. The summed E-state index contributed by atoms with van der Waals surface area (Å²) in [6.45, 7) is 8.44. The Morgan fingerprint density at radius 1 is 0.852 bits per heavy atom. The van der Waals surface area contributed by atoms with E-state index in [2.05, 4.69) is 68.1 Å². The largest absolute Gasteiger partial charge is 0.253 e. The van der Waals surface area contributed by atoms with Crippen LogP contribution in [-0.4, -0.2) is 4.98 Å². The Bertz CT molecular complexity index is 1160. The maximum Gasteiger partial charge on any atom is 0.0711 e. The molecule has 0 aliphatic carbocycles. The number of hydrogen-bond donors (Lipinski definition) is 0. The zero-order chi connectivity index (χ0) is 19.0. The lowest BCUT2D eigenvalue weighted by Gasteiger charge is -2.12. The van der Waals surface area contributed by atoms with Gasteiger partial charge in [0.1, 0.15) is 0 Å². The lowest BCUT2D eigenvalue weighted by atomic mass is 9.94. The molecule has 0 saturated heterocycles. The third kappa shape index (κ3) is 3.51. The number of aromatic nitrogens is 1. The first kappa shape index (κ1) is 17.5. The summed E-state index contributed by atoms with van der Waals surface area (Å²) in [5.41, 5.74) is 8.68. The molecule has 0 aliphatic heterocycles. The van der Waals surface area contributed by atoms with E-state index >= 15 is 0 Å². The first-order valence-electron chi connectivity index (χ1n) is 8.95. The minimum atomic E-state index is 0.732. The van der Waals surface area contributed by atoms with Gasteiger partial charge in [0, 0.05) is 16.1 Å². The second-order valence-corrected chi connectivity index (χ2v) is 7.33. The van der Waals surface area contributed by atoms with Gasteiger partial charge in [0.05, 0.1) is 5.52 Å². The van der Waals surface area contributed by atoms with Crippen molar-refractivity contribution in [3.63, 3.8) is 0 Å². The van der Waals surface area contributed by atoms with Crippen molar-refractivity contribution in [2.75, 3.05) is 0 Å². The minimum absolute atomic E-state index is 0.732. The van der Waals surface area contributed by atoms with Crippen molar-refractivity contribution in [2.24, 2.45) is 0 Å². The van der Waals surface area contributed by atoms with Gasteiger partial charge in [-0.05, 0) is 72.0 Å². The number of nitrogens with zero attached hydrogens (tertiary/aromatic N) is 1. The summed E-state index contributed by atoms with van der Waals surface area (Å²) in [4.78, 5) is 4.71. The number of benzene rings is 3. The van der Waals surface area contributed by atoms with Crippen molar-refractivity contribution < 1.29 is 0 Å². The van der Waals surface area contributed by atoms with Crippen LogP contribution in [0.4, 0.5) is 0 Å². The van der Waals surface area contributed by atoms with Crippen LogP contribution in [-0.2, 0) is 0 Å². The Labute approximate surface area is 165 Å². The summed E-state index contributed by atoms with van der Waals surface area (Å²) < 4.78 is 0. The maximum atomic E-state index is 6.23. The van der Waals surface area contributed by atoms with Gasteiger partial charge < -0.3 is 0 Å². The van der Waals surface area contributed by atoms with Crippen LogP contribution in [0.1, 0.15) is 22.4 Å². The van der Waals surface area contributed by atoms with Gasteiger partial charge in [-0.3, -0.25) is 4.98 Å². The third-order valence-corrected chi connectivity index (χ3v) is 5.06. The van der Waals surface area contributed by atoms with Crippen LogP contribution in [0.3, 0.4) is 0 Å². The van der Waals surface area contributed by atoms with Crippen LogP contribution in [0.15, 0.2) is 79.4 Å². The van der Waals surface area contributed by atoms with Gasteiger partial charge in [-0.25, -0.2) is 0 Å². The van der Waals surface area contributed by atoms with Crippen LogP contribution in [0, 0.1) is 13.8 Å². The summed E-state index contributed by atoms with van der Waals surface area (Å²) in [6.07, 6.45) is 0. The highest BCUT2D eigenvalue weighted by Gasteiger charge is 2.10. The molecule has 0 fully saturated rings. The average molecular weight is 370 g/mol. The van der Waals surface area contributed by atoms with Crippen LogP contribution in [0.5, 0.6) is 0 Å². The molecule has 2 heteroatoms. The second-order valence-electron chi connectivity index (χ2n) is 6.90. The Balaban J connectivity index is 1.88. The van der Waals surface area contributed by atoms with E-state index in [0.29, 0.717) is 0 Å². The first-order chi connectivity index (χ1) is 13.0. The van der Waals surface area contributed by atoms with Gasteiger partial charge >= 0.3 is 0 Å². The summed E-state index contributed by atoms with van der Waals surface area (Å²) in [5.74, 6) is 0. The van der Waals surface area contributed by atoms with Gasteiger partial charge in [0.2, 0.25) is 0 Å². The van der Waals surface area contributed by atoms with Gasteiger partial charge in [-0.2, -0.15) is 0 Å². The molecule has 0 radical (unpaired) electrons. The summed E-state index contributed by atoms with van der Waals surface area (Å²) in [5, 5.41) is 1.84. The molecule has 0 unspecified atom stereocenters. The van der Waals surface area contributed by atoms with Gasteiger partial charge in [0.25, 0.3) is 0 Å². The van der Waals surface area contributed by atoms with E-state index in [1.807, 2.05) is 25.1 Å². The van der Waals surface area contributed by atoms with Crippen molar-refractivity contribution in [3.05, 3.63) is 107 Å². The zero-order valence-electron chi connectivity index (χ0n) is 15.5. The molecule has 4 rings (SSSR count). The molecule has 0 N–H and O–H groups in total. The highest BCUT2D eigenvalue weighted by Crippen LogP contribution is 2.33. The van der Waals surface area contributed by atoms with E-state index in [9.17, 15) is 0 Å². The molecular weight excluding hydrogens is 350 g/mol. The normalized spacial score (nSPS) is 10.9. The van der Waals surface area contributed by atoms with E-state index in [-0.39, 0.29) is 0 Å². The Morgan fingerprint density at radius 2 is 1.59 bits per heavy atom. The van der Waals surface area contributed by atoms with Crippen LogP contribution in [0.25, 0.3) is 27.6 Å². The second kappa shape index (κ2) is 7.02. The van der Waals surface area contributed by atoms with Crippen molar-refractivity contribution >= 4 is 28.1 Å². The summed E-state index contributed by atoms with van der Waals surface area (Å²) >= 11 is 6.23. The molecule has 0 saturated carbocycles. The van der Waals surface area contributed by atoms with Crippen molar-refractivity contribution in [3.8, 4) is 11.1 Å². The van der Waals surface area contributed by atoms with Crippen molar-refractivity contribution in [1.82, 2.24) is 4.98 Å². The fraction of sp³-hybridized carbons (Fsp3) is 0.0800. The van der Waals surface area contributed by atoms with E-state index < -0.39 is 0 Å². The fourth-order valence-electron chi connectivity index (χ4n) is 3.36. The quantitative estimate of drug-likeness (QED) is 0.371. The molecule has 27 heavy (non-hydrogen) atoms. The number of fused-ring (bicyclic) bond motifs is 1. The average Bonchev–Trinajstić information content (AvgIpc) is 2.67. The van der Waals surface area contributed by atoms with Crippen molar-refractivity contribution in [2.45, 2.75) is 13.8 Å². The molecule has 1 aromatic heterocycles. The monoisotopic (exact) mass is 369 g/mol. The van der Waals surface area contributed by atoms with E-state index in [0.717, 1.165) is 49.4 Å². The van der Waals surface area contributed by atoms with Gasteiger partial charge in [-0.15, -0.1) is 0 Å². The number of aryl methyl sites for hydroxylation is 2. The van der Waals surface area contributed by atoms with Crippen LogP contribution in [0.2, 0.25) is 5.02 Å². The number of pyridine rings is 1. The number of rotatable bonds is 3. The highest BCUT2D eigenvalue weighted by atomic mass is 35.5. The molecule has 0 amide bonds. The van der Waals surface area contributed by atoms with Gasteiger partial charge in [-0.1, -0.05) is 66.2 Å². The zero-order valence-corrected chi connectivity index (χ0v) is 16.2. The molecular formula is C25H20ClN. The molecule has 4 aromatic rings. The predicted molar refractivity (Wildman–Crippen MR) is 116 cm³/mol. The SMILES string of the molecule is C=C(c1ccc(C)cc1)c1ccc2nc(C)cc(-c3cccc(Cl)c3)c2c1. The van der Waals surface area contributed by atoms with Crippen LogP contribution < -0.4 is 0 Å². The molecule has 1 heterocycles. The smallest absolute Gasteiger partial charge is 0.0711 e. The fourth-order valence-corrected chi connectivity index (χ4v) is 3.55. The summed E-state index contributed by atoms with van der Waals surface area (Å²) in [7, 11) is 0. The minimum Gasteiger partial charge on any atom is -0.253 e. The molecule has 132 valence electrons. The molecule has 0 aliphatic rings. The standard InChI is InChI=1S/C25H20ClN/c1-16-7-9-19(10-8-16)18(3)20-11-12-25-24(15-20)23(13-17(2)27-25)21-5-4-6-22(26)14-21/h4-15H,3H2,1-2H3. The Kier molecular flexibility index (Phi) is 4.55. The molecule has 0 bridgehead atoms. The van der Waals surface area contributed by atoms with E-state index in [1.54, 1.807) is 0 Å². The summed E-state index contributed by atoms with van der Waals surface area (Å²) in [6, 6.07) is 24.9. The van der Waals surface area contributed by atoms with Crippen LogP contribution >= 0.6 is 11.6 Å². The molecule has 0 atom stereocenters. The van der Waals surface area contributed by atoms with Gasteiger partial charge in [0.15, 0.2) is 0 Å². The lowest BCUT2D eigenvalue weighted by Crippen LogP contribution is -1.92. The molecule has 0 spiro atoms. The van der Waals surface area contributed by atoms with Crippen molar-refractivity contribution in [1.29, 1.82) is 0 Å².